The van der Waals surface area contributed by atoms with E-state index in [4.69, 9.17) is 9.05 Å². The highest BCUT2D eigenvalue weighted by Crippen LogP contribution is 2.38. The molecule has 480 valence electrons. The van der Waals surface area contributed by atoms with Gasteiger partial charge in [-0.1, -0.05) is 339 Å². The summed E-state index contributed by atoms with van der Waals surface area (Å²) in [5.74, 6) is -0.200. The smallest absolute Gasteiger partial charge is 0.268 e. The van der Waals surface area contributed by atoms with Gasteiger partial charge in [0.15, 0.2) is 0 Å². The minimum atomic E-state index is -4.61. The van der Waals surface area contributed by atoms with Gasteiger partial charge in [-0.2, -0.15) is 0 Å². The van der Waals surface area contributed by atoms with Crippen molar-refractivity contribution in [2.75, 3.05) is 40.9 Å². The van der Waals surface area contributed by atoms with E-state index in [1.54, 1.807) is 6.08 Å². The number of allylic oxidation sites excluding steroid dienone is 5. The van der Waals surface area contributed by atoms with E-state index in [9.17, 15) is 19.4 Å². The molecule has 2 N–H and O–H groups in total. The summed E-state index contributed by atoms with van der Waals surface area (Å²) in [4.78, 5) is 25.6. The quantitative estimate of drug-likeness (QED) is 0.0272. The lowest BCUT2D eigenvalue weighted by Gasteiger charge is -2.29. The van der Waals surface area contributed by atoms with Crippen LogP contribution < -0.4 is 10.2 Å². The Morgan fingerprint density at radius 1 is 0.420 bits per heavy atom. The van der Waals surface area contributed by atoms with E-state index < -0.39 is 20.0 Å². The first-order valence-electron chi connectivity index (χ1n) is 35.9. The Morgan fingerprint density at radius 2 is 0.691 bits per heavy atom. The zero-order valence-electron chi connectivity index (χ0n) is 55.0. The van der Waals surface area contributed by atoms with E-state index >= 15 is 0 Å². The number of rotatable bonds is 67. The molecule has 0 fully saturated rings. The number of aliphatic hydroxyl groups is 1. The van der Waals surface area contributed by atoms with Crippen molar-refractivity contribution in [3.05, 3.63) is 36.5 Å². The van der Waals surface area contributed by atoms with Crippen LogP contribution in [0.2, 0.25) is 0 Å². The van der Waals surface area contributed by atoms with Crippen molar-refractivity contribution in [2.45, 2.75) is 379 Å². The molecule has 0 aromatic rings. The molecule has 0 saturated carbocycles. The molecule has 0 aromatic carbocycles. The lowest BCUT2D eigenvalue weighted by atomic mass is 10.0. The number of hydrogen-bond donors (Lipinski definition) is 2. The van der Waals surface area contributed by atoms with E-state index in [0.717, 1.165) is 38.5 Å². The van der Waals surface area contributed by atoms with Gasteiger partial charge in [0.1, 0.15) is 13.2 Å². The zero-order chi connectivity index (χ0) is 59.1. The van der Waals surface area contributed by atoms with Crippen LogP contribution in [0.4, 0.5) is 0 Å². The molecule has 0 bridgehead atoms. The van der Waals surface area contributed by atoms with Gasteiger partial charge in [0, 0.05) is 6.42 Å². The summed E-state index contributed by atoms with van der Waals surface area (Å²) in [6.45, 7) is 4.69. The molecule has 3 unspecified atom stereocenters. The van der Waals surface area contributed by atoms with Gasteiger partial charge < -0.3 is 28.8 Å². The van der Waals surface area contributed by atoms with Crippen LogP contribution in [-0.4, -0.2) is 68.5 Å². The number of likely N-dealkylation sites (N-methyl/N-ethyl adjacent to an activating group) is 1. The highest BCUT2D eigenvalue weighted by atomic mass is 31.2. The predicted molar refractivity (Wildman–Crippen MR) is 353 cm³/mol. The molecule has 0 aliphatic rings. The van der Waals surface area contributed by atoms with Gasteiger partial charge in [0.25, 0.3) is 7.82 Å². The third-order valence-electron chi connectivity index (χ3n) is 16.6. The minimum absolute atomic E-state index is 0.00468. The molecule has 0 spiro atoms. The molecule has 1 amide bonds. The third-order valence-corrected chi connectivity index (χ3v) is 17.5. The summed E-state index contributed by atoms with van der Waals surface area (Å²) in [7, 11) is 1.26. The van der Waals surface area contributed by atoms with Crippen molar-refractivity contribution < 1.29 is 32.9 Å². The molecule has 0 saturated heterocycles. The maximum absolute atomic E-state index is 13.0. The van der Waals surface area contributed by atoms with E-state index in [0.29, 0.717) is 17.4 Å². The van der Waals surface area contributed by atoms with Crippen molar-refractivity contribution in [1.82, 2.24) is 5.32 Å². The first kappa shape index (κ1) is 79.7. The van der Waals surface area contributed by atoms with E-state index in [2.05, 4.69) is 43.5 Å². The Labute approximate surface area is 506 Å². The van der Waals surface area contributed by atoms with Gasteiger partial charge in [0.05, 0.1) is 39.9 Å². The fourth-order valence-corrected chi connectivity index (χ4v) is 11.7. The number of phosphoric acid groups is 1. The van der Waals surface area contributed by atoms with Crippen molar-refractivity contribution >= 4 is 13.7 Å². The van der Waals surface area contributed by atoms with Crippen LogP contribution in [0, 0.1) is 0 Å². The Hall–Kier alpha value is -1.28. The lowest BCUT2D eigenvalue weighted by molar-refractivity contribution is -0.870. The fourth-order valence-electron chi connectivity index (χ4n) is 11.0. The summed E-state index contributed by atoms with van der Waals surface area (Å²) in [5, 5.41) is 13.9. The van der Waals surface area contributed by atoms with Crippen molar-refractivity contribution in [3.8, 4) is 0 Å². The largest absolute Gasteiger partial charge is 0.756 e. The summed E-state index contributed by atoms with van der Waals surface area (Å²) in [5.41, 5.74) is 0. The molecule has 0 aliphatic carbocycles. The number of unbranched alkanes of at least 4 members (excludes halogenated alkanes) is 50. The Morgan fingerprint density at radius 3 is 1.00 bits per heavy atom. The Kier molecular flexibility index (Phi) is 62.2. The van der Waals surface area contributed by atoms with Gasteiger partial charge in [-0.3, -0.25) is 9.36 Å². The molecular weight excluding hydrogens is 1020 g/mol. The Balaban J connectivity index is 3.99. The lowest BCUT2D eigenvalue weighted by Crippen LogP contribution is -2.45. The summed E-state index contributed by atoms with van der Waals surface area (Å²) in [6, 6.07) is -0.903. The summed E-state index contributed by atoms with van der Waals surface area (Å²) < 4.78 is 23.4. The normalized spacial score (nSPS) is 13.8. The first-order chi connectivity index (χ1) is 39.5. The molecule has 3 atom stereocenters. The van der Waals surface area contributed by atoms with Gasteiger partial charge in [-0.05, 0) is 57.8 Å². The Bertz CT molecular complexity index is 1410. The van der Waals surface area contributed by atoms with Crippen LogP contribution in [0.15, 0.2) is 36.5 Å². The van der Waals surface area contributed by atoms with Crippen molar-refractivity contribution in [3.63, 3.8) is 0 Å². The second-order valence-corrected chi connectivity index (χ2v) is 27.3. The van der Waals surface area contributed by atoms with Crippen LogP contribution in [0.25, 0.3) is 0 Å². The molecule has 81 heavy (non-hydrogen) atoms. The third kappa shape index (κ3) is 66.1. The van der Waals surface area contributed by atoms with Crippen LogP contribution in [0.3, 0.4) is 0 Å². The highest BCUT2D eigenvalue weighted by molar-refractivity contribution is 7.45. The van der Waals surface area contributed by atoms with E-state index in [1.165, 1.54) is 308 Å². The first-order valence-corrected chi connectivity index (χ1v) is 37.3. The second-order valence-electron chi connectivity index (χ2n) is 25.9. The number of amides is 1. The van der Waals surface area contributed by atoms with Crippen LogP contribution in [0.5, 0.6) is 0 Å². The maximum atomic E-state index is 13.0. The van der Waals surface area contributed by atoms with Gasteiger partial charge >= 0.3 is 0 Å². The number of hydrogen-bond acceptors (Lipinski definition) is 6. The summed E-state index contributed by atoms with van der Waals surface area (Å²) in [6.07, 6.45) is 84.3. The minimum Gasteiger partial charge on any atom is -0.756 e. The number of carbonyl (C=O) groups is 1. The highest BCUT2D eigenvalue weighted by Gasteiger charge is 2.23. The van der Waals surface area contributed by atoms with Crippen LogP contribution in [-0.2, 0) is 18.4 Å². The van der Waals surface area contributed by atoms with Crippen LogP contribution in [0.1, 0.15) is 367 Å². The maximum Gasteiger partial charge on any atom is 0.268 e. The number of carbonyl (C=O) groups excluding carboxylic acids is 1. The number of nitrogens with zero attached hydrogens (tertiary/aromatic N) is 1. The molecule has 0 aromatic heterocycles. The number of quaternary nitrogens is 1. The topological polar surface area (TPSA) is 108 Å². The zero-order valence-corrected chi connectivity index (χ0v) is 55.9. The van der Waals surface area contributed by atoms with E-state index in [-0.39, 0.29) is 19.1 Å². The molecular formula is C72H141N2O6P. The van der Waals surface area contributed by atoms with Crippen molar-refractivity contribution in [2.24, 2.45) is 0 Å². The number of nitrogens with one attached hydrogen (secondary N) is 1. The molecule has 0 rings (SSSR count). The molecule has 8 nitrogen and oxygen atoms in total. The molecule has 0 radical (unpaired) electrons. The second kappa shape index (κ2) is 63.2. The SMILES string of the molecule is CCCCCCCCCCCCCCCCCC/C=C\CCCCCCCCCCCCCCCCCCCC(=O)NC(COP(=O)([O-])OCC[N+](C)(C)C)C(O)/C=C/CC/C=C/CCCCCCCCCCCCCCCCCC. The number of phosphoric ester groups is 1. The molecule has 0 aliphatic heterocycles. The van der Waals surface area contributed by atoms with Crippen molar-refractivity contribution in [1.29, 1.82) is 0 Å². The average molecular weight is 1160 g/mol. The van der Waals surface area contributed by atoms with Crippen LogP contribution >= 0.6 is 7.82 Å². The number of aliphatic hydroxyl groups excluding tert-OH is 1. The van der Waals surface area contributed by atoms with E-state index in [1.807, 2.05) is 27.2 Å². The fraction of sp³-hybridized carbons (Fsp3) is 0.903. The predicted octanol–water partition coefficient (Wildman–Crippen LogP) is 22.2. The summed E-state index contributed by atoms with van der Waals surface area (Å²) >= 11 is 0. The monoisotopic (exact) mass is 1160 g/mol. The molecule has 0 heterocycles. The van der Waals surface area contributed by atoms with Gasteiger partial charge in [0.2, 0.25) is 5.91 Å². The molecule has 9 heteroatoms. The standard InChI is InChI=1S/C72H141N2O6P/c1-6-8-10-12-14-16-18-20-22-24-26-28-30-31-32-33-34-35-36-37-38-39-40-41-42-43-44-46-48-50-52-54-56-58-60-62-64-66-72(76)73-70(69-80-81(77,78)79-68-67-74(3,4)5)71(75)65-63-61-59-57-55-53-51-49-47-45-29-27-25-23-21-19-17-15-13-11-9-7-2/h35-36,55,57,63,65,70-71,75H,6-34,37-54,56,58-62,64,66-69H2,1-5H3,(H-,73,76,77,78)/b36-35-,57-55+,65-63+. The van der Waals surface area contributed by atoms with Gasteiger partial charge in [-0.15, -0.1) is 0 Å². The average Bonchev–Trinajstić information content (AvgIpc) is 3.43. The van der Waals surface area contributed by atoms with Gasteiger partial charge in [-0.25, -0.2) is 0 Å².